The van der Waals surface area contributed by atoms with E-state index in [4.69, 9.17) is 0 Å². The molecular weight excluding hydrogens is 333 g/mol. The summed E-state index contributed by atoms with van der Waals surface area (Å²) in [6, 6.07) is 13.8. The first-order chi connectivity index (χ1) is 12.4. The molecule has 0 radical (unpaired) electrons. The normalized spacial score (nSPS) is 10.6. The molecule has 6 nitrogen and oxygen atoms in total. The molecule has 1 aromatic heterocycles. The van der Waals surface area contributed by atoms with Gasteiger partial charge in [0.1, 0.15) is 11.6 Å². The Balaban J connectivity index is 1.68. The van der Waals surface area contributed by atoms with Crippen LogP contribution in [0.2, 0.25) is 0 Å². The third-order valence-electron chi connectivity index (χ3n) is 3.95. The SMILES string of the molecule is Cc1nc(C(=O)NCc2ccc(N(C)C)cc2)nn1-c1ccc(F)cc1. The van der Waals surface area contributed by atoms with Gasteiger partial charge in [-0.3, -0.25) is 4.79 Å². The minimum atomic E-state index is -0.356. The molecule has 26 heavy (non-hydrogen) atoms. The predicted molar refractivity (Wildman–Crippen MR) is 98.0 cm³/mol. The fourth-order valence-electron chi connectivity index (χ4n) is 2.49. The van der Waals surface area contributed by atoms with Crippen molar-refractivity contribution in [3.8, 4) is 5.69 Å². The number of anilines is 1. The molecule has 0 unspecified atom stereocenters. The highest BCUT2D eigenvalue weighted by Gasteiger charge is 2.15. The molecule has 1 amide bonds. The van der Waals surface area contributed by atoms with Crippen LogP contribution >= 0.6 is 0 Å². The van der Waals surface area contributed by atoms with E-state index in [9.17, 15) is 9.18 Å². The highest BCUT2D eigenvalue weighted by atomic mass is 19.1. The highest BCUT2D eigenvalue weighted by molar-refractivity contribution is 5.90. The van der Waals surface area contributed by atoms with E-state index in [2.05, 4.69) is 15.4 Å². The average Bonchev–Trinajstić information content (AvgIpc) is 3.02. The maximum atomic E-state index is 13.1. The molecule has 0 saturated heterocycles. The van der Waals surface area contributed by atoms with Crippen LogP contribution in [0.5, 0.6) is 0 Å². The van der Waals surface area contributed by atoms with Crippen molar-refractivity contribution in [1.29, 1.82) is 0 Å². The number of nitrogens with zero attached hydrogens (tertiary/aromatic N) is 4. The molecule has 0 aliphatic heterocycles. The molecule has 134 valence electrons. The third-order valence-corrected chi connectivity index (χ3v) is 3.95. The summed E-state index contributed by atoms with van der Waals surface area (Å²) in [6.07, 6.45) is 0. The number of aryl methyl sites for hydroxylation is 1. The Morgan fingerprint density at radius 2 is 1.77 bits per heavy atom. The van der Waals surface area contributed by atoms with Crippen molar-refractivity contribution in [3.63, 3.8) is 0 Å². The largest absolute Gasteiger partial charge is 0.378 e. The van der Waals surface area contributed by atoms with E-state index in [1.165, 1.54) is 16.8 Å². The second kappa shape index (κ2) is 7.35. The molecule has 0 aliphatic rings. The molecule has 0 spiro atoms. The van der Waals surface area contributed by atoms with Crippen LogP contribution < -0.4 is 10.2 Å². The Labute approximate surface area is 151 Å². The van der Waals surface area contributed by atoms with Gasteiger partial charge in [0.2, 0.25) is 5.82 Å². The van der Waals surface area contributed by atoms with Gasteiger partial charge in [-0.05, 0) is 48.9 Å². The van der Waals surface area contributed by atoms with Gasteiger partial charge >= 0.3 is 0 Å². The van der Waals surface area contributed by atoms with Crippen LogP contribution in [0.15, 0.2) is 48.5 Å². The lowest BCUT2D eigenvalue weighted by molar-refractivity contribution is 0.0940. The first-order valence-corrected chi connectivity index (χ1v) is 8.18. The van der Waals surface area contributed by atoms with Gasteiger partial charge in [-0.25, -0.2) is 14.1 Å². The lowest BCUT2D eigenvalue weighted by Crippen LogP contribution is -2.24. The standard InChI is InChI=1S/C19H20FN5O/c1-13-22-18(23-25(13)17-10-6-15(20)7-11-17)19(26)21-12-14-4-8-16(9-5-14)24(2)3/h4-11H,12H2,1-3H3,(H,21,26). The second-order valence-corrected chi connectivity index (χ2v) is 6.11. The van der Waals surface area contributed by atoms with E-state index in [1.807, 2.05) is 43.3 Å². The summed E-state index contributed by atoms with van der Waals surface area (Å²) in [5.74, 6) is -0.0516. The second-order valence-electron chi connectivity index (χ2n) is 6.11. The Hall–Kier alpha value is -3.22. The maximum absolute atomic E-state index is 13.1. The van der Waals surface area contributed by atoms with Crippen molar-refractivity contribution < 1.29 is 9.18 Å². The van der Waals surface area contributed by atoms with Gasteiger partial charge in [0.05, 0.1) is 5.69 Å². The van der Waals surface area contributed by atoms with E-state index in [-0.39, 0.29) is 17.5 Å². The van der Waals surface area contributed by atoms with Gasteiger partial charge in [-0.15, -0.1) is 5.10 Å². The number of benzene rings is 2. The number of hydrogen-bond donors (Lipinski definition) is 1. The molecule has 2 aromatic carbocycles. The summed E-state index contributed by atoms with van der Waals surface area (Å²) in [7, 11) is 3.95. The summed E-state index contributed by atoms with van der Waals surface area (Å²) >= 11 is 0. The molecule has 7 heteroatoms. The minimum absolute atomic E-state index is 0.0803. The van der Waals surface area contributed by atoms with Crippen molar-refractivity contribution in [1.82, 2.24) is 20.1 Å². The number of aromatic nitrogens is 3. The number of rotatable bonds is 5. The summed E-state index contributed by atoms with van der Waals surface area (Å²) in [5.41, 5.74) is 2.73. The molecule has 3 aromatic rings. The van der Waals surface area contributed by atoms with Gasteiger partial charge in [0.25, 0.3) is 5.91 Å². The minimum Gasteiger partial charge on any atom is -0.378 e. The monoisotopic (exact) mass is 353 g/mol. The molecular formula is C19H20FN5O. The molecule has 0 aliphatic carbocycles. The van der Waals surface area contributed by atoms with E-state index in [0.29, 0.717) is 18.1 Å². The topological polar surface area (TPSA) is 63.1 Å². The zero-order valence-corrected chi connectivity index (χ0v) is 14.9. The number of nitrogens with one attached hydrogen (secondary N) is 1. The number of hydrogen-bond acceptors (Lipinski definition) is 4. The number of carbonyl (C=O) groups is 1. The number of halogens is 1. The Kier molecular flexibility index (Phi) is 4.97. The number of amides is 1. The number of carbonyl (C=O) groups excluding carboxylic acids is 1. The van der Waals surface area contributed by atoms with Crippen LogP contribution in [0.3, 0.4) is 0 Å². The van der Waals surface area contributed by atoms with Crippen LogP contribution in [-0.4, -0.2) is 34.8 Å². The zero-order valence-electron chi connectivity index (χ0n) is 14.9. The summed E-state index contributed by atoms with van der Waals surface area (Å²) in [6.45, 7) is 2.13. The van der Waals surface area contributed by atoms with Gasteiger partial charge in [0, 0.05) is 26.3 Å². The molecule has 0 fully saturated rings. The van der Waals surface area contributed by atoms with Crippen molar-refractivity contribution in [2.24, 2.45) is 0 Å². The van der Waals surface area contributed by atoms with E-state index >= 15 is 0 Å². The fraction of sp³-hybridized carbons (Fsp3) is 0.211. The molecule has 0 bridgehead atoms. The van der Waals surface area contributed by atoms with Crippen molar-refractivity contribution in [2.75, 3.05) is 19.0 Å². The van der Waals surface area contributed by atoms with Crippen molar-refractivity contribution >= 4 is 11.6 Å². The lowest BCUT2D eigenvalue weighted by Gasteiger charge is -2.12. The van der Waals surface area contributed by atoms with Gasteiger partial charge in [-0.2, -0.15) is 0 Å². The first kappa shape index (κ1) is 17.6. The predicted octanol–water partition coefficient (Wildman–Crippen LogP) is 2.71. The van der Waals surface area contributed by atoms with Crippen LogP contribution in [0, 0.1) is 12.7 Å². The van der Waals surface area contributed by atoms with Crippen molar-refractivity contribution in [2.45, 2.75) is 13.5 Å². The van der Waals surface area contributed by atoms with Gasteiger partial charge in [0.15, 0.2) is 0 Å². The third kappa shape index (κ3) is 3.88. The fourth-order valence-corrected chi connectivity index (χ4v) is 2.49. The molecule has 0 atom stereocenters. The molecule has 3 rings (SSSR count). The van der Waals surface area contributed by atoms with E-state index < -0.39 is 0 Å². The zero-order chi connectivity index (χ0) is 18.7. The van der Waals surface area contributed by atoms with Crippen LogP contribution in [0.1, 0.15) is 22.0 Å². The first-order valence-electron chi connectivity index (χ1n) is 8.18. The summed E-state index contributed by atoms with van der Waals surface area (Å²) in [4.78, 5) is 18.5. The van der Waals surface area contributed by atoms with Crippen LogP contribution in [-0.2, 0) is 6.54 Å². The van der Waals surface area contributed by atoms with Gasteiger partial charge in [-0.1, -0.05) is 12.1 Å². The molecule has 1 heterocycles. The Bertz CT molecular complexity index is 901. The van der Waals surface area contributed by atoms with Gasteiger partial charge < -0.3 is 10.2 Å². The Morgan fingerprint density at radius 3 is 2.38 bits per heavy atom. The van der Waals surface area contributed by atoms with Crippen LogP contribution in [0.4, 0.5) is 10.1 Å². The highest BCUT2D eigenvalue weighted by Crippen LogP contribution is 2.13. The van der Waals surface area contributed by atoms with Crippen LogP contribution in [0.25, 0.3) is 5.69 Å². The van der Waals surface area contributed by atoms with E-state index in [1.54, 1.807) is 19.1 Å². The molecule has 1 N–H and O–H groups in total. The average molecular weight is 353 g/mol. The van der Waals surface area contributed by atoms with Crippen molar-refractivity contribution in [3.05, 3.63) is 71.6 Å². The molecule has 0 saturated carbocycles. The summed E-state index contributed by atoms with van der Waals surface area (Å²) < 4.78 is 14.6. The van der Waals surface area contributed by atoms with E-state index in [0.717, 1.165) is 11.3 Å². The Morgan fingerprint density at radius 1 is 1.12 bits per heavy atom. The summed E-state index contributed by atoms with van der Waals surface area (Å²) in [5, 5.41) is 7.04. The maximum Gasteiger partial charge on any atom is 0.291 e. The smallest absolute Gasteiger partial charge is 0.291 e. The quantitative estimate of drug-likeness (QED) is 0.766. The lowest BCUT2D eigenvalue weighted by atomic mass is 10.2.